The Kier molecular flexibility index (Phi) is 9.89. The van der Waals surface area contributed by atoms with Crippen molar-refractivity contribution in [2.75, 3.05) is 19.1 Å². The molecule has 2 aromatic rings. The third kappa shape index (κ3) is 7.06. The molecule has 3 aliphatic rings. The molecule has 0 saturated carbocycles. The number of carbonyl (C=O) groups excluding carboxylic acids is 3. The lowest BCUT2D eigenvalue weighted by Gasteiger charge is -2.33. The lowest BCUT2D eigenvalue weighted by Crippen LogP contribution is -2.58. The van der Waals surface area contributed by atoms with E-state index in [1.807, 2.05) is 77.1 Å². The van der Waals surface area contributed by atoms with Gasteiger partial charge in [0.2, 0.25) is 5.91 Å². The Morgan fingerprint density at radius 2 is 1.84 bits per heavy atom. The van der Waals surface area contributed by atoms with Crippen LogP contribution in [0, 0.1) is 26.7 Å². The van der Waals surface area contributed by atoms with E-state index in [9.17, 15) is 19.5 Å². The summed E-state index contributed by atoms with van der Waals surface area (Å²) in [7, 11) is 0. The molecule has 6 atom stereocenters. The van der Waals surface area contributed by atoms with Crippen molar-refractivity contribution in [3.63, 3.8) is 0 Å². The van der Waals surface area contributed by atoms with Gasteiger partial charge in [0.1, 0.15) is 12.1 Å². The van der Waals surface area contributed by atoms with Gasteiger partial charge in [-0.2, -0.15) is 0 Å². The van der Waals surface area contributed by atoms with E-state index in [-0.39, 0.29) is 37.0 Å². The molecule has 10 nitrogen and oxygen atoms in total. The molecule has 0 bridgehead atoms. The summed E-state index contributed by atoms with van der Waals surface area (Å²) in [6.07, 6.45) is -2.30. The Labute approximate surface area is 263 Å². The SMILES string of the molecule is Cc1cccc(C[C@H](NC(=O)O[C@@H]2CO[C@@H]3OCC[C@@H]32)[C@H](O)C(=O)N2CSC(C)(C)[C@H]2C(=O)NCc2c(C)cccc2C)c1. The van der Waals surface area contributed by atoms with Crippen LogP contribution in [0.5, 0.6) is 0 Å². The summed E-state index contributed by atoms with van der Waals surface area (Å²) in [5.74, 6) is -0.731. The molecule has 0 unspecified atom stereocenters. The zero-order valence-corrected chi connectivity index (χ0v) is 26.8. The Morgan fingerprint density at radius 1 is 1.11 bits per heavy atom. The Morgan fingerprint density at radius 3 is 2.57 bits per heavy atom. The minimum absolute atomic E-state index is 0.0471. The van der Waals surface area contributed by atoms with Gasteiger partial charge in [0.15, 0.2) is 12.4 Å². The summed E-state index contributed by atoms with van der Waals surface area (Å²) >= 11 is 1.47. The fourth-order valence-electron chi connectivity index (χ4n) is 6.36. The molecule has 0 spiro atoms. The van der Waals surface area contributed by atoms with E-state index in [1.165, 1.54) is 16.7 Å². The van der Waals surface area contributed by atoms with Gasteiger partial charge in [-0.1, -0.05) is 48.0 Å². The van der Waals surface area contributed by atoms with Crippen molar-refractivity contribution in [1.29, 1.82) is 0 Å². The second-order valence-corrected chi connectivity index (χ2v) is 14.1. The predicted molar refractivity (Wildman–Crippen MR) is 167 cm³/mol. The highest BCUT2D eigenvalue weighted by Crippen LogP contribution is 2.40. The van der Waals surface area contributed by atoms with Crippen LogP contribution >= 0.6 is 11.8 Å². The van der Waals surface area contributed by atoms with E-state index >= 15 is 0 Å². The third-order valence-corrected chi connectivity index (χ3v) is 10.3. The molecule has 5 rings (SSSR count). The Balaban J connectivity index is 1.31. The summed E-state index contributed by atoms with van der Waals surface area (Å²) in [5.41, 5.74) is 5.04. The van der Waals surface area contributed by atoms with Gasteiger partial charge in [-0.15, -0.1) is 11.8 Å². The van der Waals surface area contributed by atoms with Gasteiger partial charge < -0.3 is 34.9 Å². The number of thioether (sulfide) groups is 1. The smallest absolute Gasteiger partial charge is 0.407 e. The van der Waals surface area contributed by atoms with Gasteiger partial charge in [0, 0.05) is 11.3 Å². The van der Waals surface area contributed by atoms with Crippen LogP contribution < -0.4 is 10.6 Å². The molecule has 238 valence electrons. The maximum Gasteiger partial charge on any atom is 0.407 e. The molecule has 3 N–H and O–H groups in total. The second kappa shape index (κ2) is 13.5. The van der Waals surface area contributed by atoms with Crippen molar-refractivity contribution in [2.24, 2.45) is 5.92 Å². The zero-order valence-electron chi connectivity index (χ0n) is 26.0. The normalized spacial score (nSPS) is 25.3. The number of nitrogens with one attached hydrogen (secondary N) is 2. The lowest BCUT2D eigenvalue weighted by atomic mass is 9.96. The van der Waals surface area contributed by atoms with Crippen molar-refractivity contribution < 1.29 is 33.7 Å². The van der Waals surface area contributed by atoms with Crippen molar-refractivity contribution in [3.05, 3.63) is 70.3 Å². The molecule has 3 heterocycles. The Bertz CT molecular complexity index is 1360. The summed E-state index contributed by atoms with van der Waals surface area (Å²) in [6.45, 7) is 10.9. The van der Waals surface area contributed by atoms with E-state index in [4.69, 9.17) is 14.2 Å². The monoisotopic (exact) mass is 625 g/mol. The summed E-state index contributed by atoms with van der Waals surface area (Å²) in [6, 6.07) is 11.8. The Hall–Kier alpha value is -3.12. The molecule has 3 amide bonds. The average Bonchev–Trinajstić information content (AvgIpc) is 3.67. The van der Waals surface area contributed by atoms with Crippen LogP contribution in [0.3, 0.4) is 0 Å². The van der Waals surface area contributed by atoms with Crippen LogP contribution in [0.25, 0.3) is 0 Å². The highest BCUT2D eigenvalue weighted by molar-refractivity contribution is 8.00. The van der Waals surface area contributed by atoms with Gasteiger partial charge in [0.25, 0.3) is 5.91 Å². The highest BCUT2D eigenvalue weighted by atomic mass is 32.2. The first-order valence-electron chi connectivity index (χ1n) is 15.2. The van der Waals surface area contributed by atoms with E-state index in [1.54, 1.807) is 0 Å². The molecule has 11 heteroatoms. The number of amides is 3. The summed E-state index contributed by atoms with van der Waals surface area (Å²) < 4.78 is 16.2. The minimum atomic E-state index is -1.62. The first kappa shape index (κ1) is 32.3. The van der Waals surface area contributed by atoms with Crippen LogP contribution in [-0.4, -0.2) is 82.3 Å². The van der Waals surface area contributed by atoms with E-state index in [0.29, 0.717) is 13.2 Å². The molecule has 3 fully saturated rings. The van der Waals surface area contributed by atoms with Crippen molar-refractivity contribution in [1.82, 2.24) is 15.5 Å². The number of benzene rings is 2. The molecule has 3 aliphatic heterocycles. The van der Waals surface area contributed by atoms with E-state index < -0.39 is 41.0 Å². The number of alkyl carbamates (subject to hydrolysis) is 1. The first-order chi connectivity index (χ1) is 20.9. The minimum Gasteiger partial charge on any atom is -0.443 e. The molecule has 0 radical (unpaired) electrons. The van der Waals surface area contributed by atoms with Crippen molar-refractivity contribution in [3.8, 4) is 0 Å². The van der Waals surface area contributed by atoms with Crippen LogP contribution in [0.15, 0.2) is 42.5 Å². The molecule has 0 aromatic heterocycles. The number of hydrogen-bond donors (Lipinski definition) is 3. The third-order valence-electron chi connectivity index (χ3n) is 8.88. The molecule has 3 saturated heterocycles. The molecular formula is C33H43N3O7S. The van der Waals surface area contributed by atoms with Crippen LogP contribution in [0.4, 0.5) is 4.79 Å². The van der Waals surface area contributed by atoms with Crippen LogP contribution in [0.1, 0.15) is 48.1 Å². The molecule has 2 aromatic carbocycles. The molecule has 0 aliphatic carbocycles. The van der Waals surface area contributed by atoms with E-state index in [2.05, 4.69) is 10.6 Å². The number of rotatable bonds is 9. The standard InChI is InChI=1S/C33H43N3O7S/c1-19-8-6-11-22(14-19)15-25(35-32(40)43-26-17-42-31-23(26)12-13-41-31)27(37)30(39)36-18-44-33(4,5)28(36)29(38)34-16-24-20(2)9-7-10-21(24)3/h6-11,14,23,25-28,31,37H,12-13,15-18H2,1-5H3,(H,34,38)(H,35,40)/t23-,25+,26-,27+,28-,31+/m1/s1. The van der Waals surface area contributed by atoms with Gasteiger partial charge in [-0.3, -0.25) is 9.59 Å². The van der Waals surface area contributed by atoms with Gasteiger partial charge >= 0.3 is 6.09 Å². The van der Waals surface area contributed by atoms with E-state index in [0.717, 1.165) is 34.2 Å². The molecule has 44 heavy (non-hydrogen) atoms. The number of ether oxygens (including phenoxy) is 3. The summed E-state index contributed by atoms with van der Waals surface area (Å²) in [4.78, 5) is 42.1. The average molecular weight is 626 g/mol. The van der Waals surface area contributed by atoms with Gasteiger partial charge in [-0.05, 0) is 69.7 Å². The number of fused-ring (bicyclic) bond motifs is 1. The number of hydrogen-bond acceptors (Lipinski definition) is 8. The second-order valence-electron chi connectivity index (χ2n) is 12.5. The number of aryl methyl sites for hydroxylation is 3. The maximum atomic E-state index is 14.0. The topological polar surface area (TPSA) is 126 Å². The number of carbonyl (C=O) groups is 3. The lowest BCUT2D eigenvalue weighted by molar-refractivity contribution is -0.147. The fraction of sp³-hybridized carbons (Fsp3) is 0.545. The van der Waals surface area contributed by atoms with Crippen LogP contribution in [-0.2, 0) is 36.8 Å². The number of aliphatic hydroxyl groups is 1. The number of aliphatic hydroxyl groups excluding tert-OH is 1. The maximum absolute atomic E-state index is 14.0. The quantitative estimate of drug-likeness (QED) is 0.388. The van der Waals surface area contributed by atoms with Crippen molar-refractivity contribution >= 4 is 29.7 Å². The summed E-state index contributed by atoms with van der Waals surface area (Å²) in [5, 5.41) is 17.3. The fourth-order valence-corrected chi connectivity index (χ4v) is 7.50. The zero-order chi connectivity index (χ0) is 31.6. The first-order valence-corrected chi connectivity index (χ1v) is 16.1. The highest BCUT2D eigenvalue weighted by Gasteiger charge is 2.50. The van der Waals surface area contributed by atoms with Gasteiger partial charge in [0.05, 0.1) is 31.1 Å². The number of nitrogens with zero attached hydrogens (tertiary/aromatic N) is 1. The predicted octanol–water partition coefficient (Wildman–Crippen LogP) is 3.37. The van der Waals surface area contributed by atoms with Crippen molar-refractivity contribution in [2.45, 2.75) is 89.3 Å². The molecular weight excluding hydrogens is 582 g/mol. The largest absolute Gasteiger partial charge is 0.443 e. The van der Waals surface area contributed by atoms with Gasteiger partial charge in [-0.25, -0.2) is 4.79 Å². The van der Waals surface area contributed by atoms with Crippen LogP contribution in [0.2, 0.25) is 0 Å².